The van der Waals surface area contributed by atoms with Crippen molar-refractivity contribution in [2.24, 2.45) is 5.73 Å². The Hall–Kier alpha value is -3.50. The van der Waals surface area contributed by atoms with Crippen LogP contribution in [0, 0.1) is 0 Å². The van der Waals surface area contributed by atoms with Crippen molar-refractivity contribution >= 4 is 28.7 Å². The van der Waals surface area contributed by atoms with Crippen molar-refractivity contribution in [1.29, 1.82) is 0 Å². The third-order valence-corrected chi connectivity index (χ3v) is 6.63. The smallest absolute Gasteiger partial charge is 0.252 e. The number of carbonyl (C=O) groups is 1. The number of morpholine rings is 2. The van der Waals surface area contributed by atoms with Gasteiger partial charge >= 0.3 is 0 Å². The highest BCUT2D eigenvalue weighted by atomic mass is 16.5. The molecule has 0 saturated carbocycles. The molecule has 190 valence electrons. The number of aromatic nitrogens is 3. The van der Waals surface area contributed by atoms with Gasteiger partial charge < -0.3 is 29.7 Å². The number of carbonyl (C=O) groups excluding carboxylic acids is 1. The number of hydrogen-bond acceptors (Lipinski definition) is 9. The van der Waals surface area contributed by atoms with E-state index in [2.05, 4.69) is 23.6 Å². The number of pyridine rings is 1. The third kappa shape index (κ3) is 4.66. The summed E-state index contributed by atoms with van der Waals surface area (Å²) < 4.78 is 16.9. The van der Waals surface area contributed by atoms with E-state index in [-0.39, 0.29) is 12.1 Å². The number of fused-ring (bicyclic) bond motifs is 1. The monoisotopic (exact) mass is 492 g/mol. The SMILES string of the molecule is CCOc1ccc(-c2ccc3c(N4CCOCC4C)nc(N4CCOCC4C)nc3n2)cc1C(N)=O. The Labute approximate surface area is 210 Å². The quantitative estimate of drug-likeness (QED) is 0.554. The van der Waals surface area contributed by atoms with Crippen LogP contribution in [0.1, 0.15) is 31.1 Å². The first-order valence-electron chi connectivity index (χ1n) is 12.4. The second-order valence-electron chi connectivity index (χ2n) is 9.16. The zero-order valence-electron chi connectivity index (χ0n) is 20.9. The number of anilines is 2. The lowest BCUT2D eigenvalue weighted by atomic mass is 10.1. The molecule has 0 aliphatic carbocycles. The molecule has 2 atom stereocenters. The summed E-state index contributed by atoms with van der Waals surface area (Å²) in [5, 5.41) is 0.873. The van der Waals surface area contributed by atoms with Crippen LogP contribution in [0.4, 0.5) is 11.8 Å². The molecule has 2 unspecified atom stereocenters. The number of rotatable bonds is 6. The lowest BCUT2D eigenvalue weighted by molar-refractivity contribution is 0.0973. The number of hydrogen-bond donors (Lipinski definition) is 1. The van der Waals surface area contributed by atoms with Crippen LogP contribution in [0.25, 0.3) is 22.3 Å². The second-order valence-corrected chi connectivity index (χ2v) is 9.16. The predicted octanol–water partition coefficient (Wildman–Crippen LogP) is 2.64. The lowest BCUT2D eigenvalue weighted by Crippen LogP contribution is -2.46. The molecule has 0 spiro atoms. The van der Waals surface area contributed by atoms with Gasteiger partial charge in [-0.25, -0.2) is 4.98 Å². The van der Waals surface area contributed by atoms with Crippen molar-refractivity contribution in [3.63, 3.8) is 0 Å². The maximum absolute atomic E-state index is 12.1. The van der Waals surface area contributed by atoms with Gasteiger partial charge in [-0.3, -0.25) is 4.79 Å². The molecule has 3 aromatic rings. The van der Waals surface area contributed by atoms with Gasteiger partial charge in [-0.1, -0.05) is 0 Å². The fourth-order valence-corrected chi connectivity index (χ4v) is 4.72. The fraction of sp³-hybridized carbons (Fsp3) is 0.462. The van der Waals surface area contributed by atoms with E-state index < -0.39 is 5.91 Å². The average molecular weight is 493 g/mol. The molecular formula is C26H32N6O4. The van der Waals surface area contributed by atoms with Gasteiger partial charge in [-0.05, 0) is 51.1 Å². The Kier molecular flexibility index (Phi) is 6.88. The van der Waals surface area contributed by atoms with Crippen molar-refractivity contribution in [1.82, 2.24) is 15.0 Å². The minimum absolute atomic E-state index is 0.151. The fourth-order valence-electron chi connectivity index (χ4n) is 4.72. The predicted molar refractivity (Wildman–Crippen MR) is 138 cm³/mol. The number of primary amides is 1. The van der Waals surface area contributed by atoms with Crippen LogP contribution in [0.3, 0.4) is 0 Å². The zero-order valence-corrected chi connectivity index (χ0v) is 20.9. The van der Waals surface area contributed by atoms with Gasteiger partial charge in [-0.2, -0.15) is 9.97 Å². The molecule has 1 aromatic carbocycles. The Balaban J connectivity index is 1.63. The first-order chi connectivity index (χ1) is 17.5. The summed E-state index contributed by atoms with van der Waals surface area (Å²) in [4.78, 5) is 31.4. The van der Waals surface area contributed by atoms with Gasteiger partial charge in [0.2, 0.25) is 5.95 Å². The Bertz CT molecular complexity index is 1270. The van der Waals surface area contributed by atoms with Crippen LogP contribution < -0.4 is 20.3 Å². The van der Waals surface area contributed by atoms with Crippen LogP contribution in [0.2, 0.25) is 0 Å². The number of nitrogens with zero attached hydrogens (tertiary/aromatic N) is 5. The molecule has 2 aliphatic heterocycles. The van der Waals surface area contributed by atoms with E-state index in [0.29, 0.717) is 68.2 Å². The van der Waals surface area contributed by atoms with E-state index in [9.17, 15) is 4.79 Å². The minimum Gasteiger partial charge on any atom is -0.493 e. The maximum Gasteiger partial charge on any atom is 0.252 e. The van der Waals surface area contributed by atoms with Crippen LogP contribution >= 0.6 is 0 Å². The second kappa shape index (κ2) is 10.2. The molecule has 0 radical (unpaired) electrons. The van der Waals surface area contributed by atoms with Crippen LogP contribution in [-0.4, -0.2) is 79.1 Å². The zero-order chi connectivity index (χ0) is 25.2. The number of amides is 1. The van der Waals surface area contributed by atoms with Gasteiger partial charge in [0.05, 0.1) is 61.8 Å². The molecule has 10 nitrogen and oxygen atoms in total. The minimum atomic E-state index is -0.546. The highest BCUT2D eigenvalue weighted by Gasteiger charge is 2.27. The van der Waals surface area contributed by atoms with Crippen molar-refractivity contribution in [3.05, 3.63) is 35.9 Å². The van der Waals surface area contributed by atoms with Crippen LogP contribution in [-0.2, 0) is 9.47 Å². The molecule has 0 bridgehead atoms. The maximum atomic E-state index is 12.1. The third-order valence-electron chi connectivity index (χ3n) is 6.63. The van der Waals surface area contributed by atoms with E-state index in [1.807, 2.05) is 25.1 Å². The molecule has 2 aromatic heterocycles. The standard InChI is InChI=1S/C26H32N6O4/c1-4-36-22-8-5-18(13-20(22)23(27)33)21-7-6-19-24(28-21)29-26(32-10-12-35-15-17(32)3)30-25(19)31-9-11-34-14-16(31)2/h5-8,13,16-17H,4,9-12,14-15H2,1-3H3,(H2,27,33). The molecule has 1 amide bonds. The summed E-state index contributed by atoms with van der Waals surface area (Å²) in [5.74, 6) is 1.41. The first kappa shape index (κ1) is 24.2. The van der Waals surface area contributed by atoms with Gasteiger partial charge in [-0.15, -0.1) is 0 Å². The molecule has 10 heteroatoms. The van der Waals surface area contributed by atoms with E-state index in [1.165, 1.54) is 0 Å². The first-order valence-corrected chi connectivity index (χ1v) is 12.4. The van der Waals surface area contributed by atoms with E-state index in [1.54, 1.807) is 12.1 Å². The Morgan fingerprint density at radius 2 is 1.75 bits per heavy atom. The van der Waals surface area contributed by atoms with Gasteiger partial charge in [0, 0.05) is 18.7 Å². The molecule has 2 saturated heterocycles. The summed E-state index contributed by atoms with van der Waals surface area (Å²) >= 11 is 0. The largest absolute Gasteiger partial charge is 0.493 e. The summed E-state index contributed by atoms with van der Waals surface area (Å²) in [6.07, 6.45) is 0. The Morgan fingerprint density at radius 3 is 2.42 bits per heavy atom. The number of nitrogens with two attached hydrogens (primary N) is 1. The van der Waals surface area contributed by atoms with E-state index >= 15 is 0 Å². The molecule has 2 aliphatic rings. The molecule has 2 fully saturated rings. The molecule has 4 heterocycles. The molecule has 5 rings (SSSR count). The van der Waals surface area contributed by atoms with Crippen molar-refractivity contribution in [2.45, 2.75) is 32.9 Å². The summed E-state index contributed by atoms with van der Waals surface area (Å²) in [7, 11) is 0. The molecule has 2 N–H and O–H groups in total. The lowest BCUT2D eigenvalue weighted by Gasteiger charge is -2.37. The van der Waals surface area contributed by atoms with Crippen LogP contribution in [0.5, 0.6) is 5.75 Å². The van der Waals surface area contributed by atoms with Gasteiger partial charge in [0.1, 0.15) is 11.6 Å². The normalized spacial score (nSPS) is 20.5. The van der Waals surface area contributed by atoms with Crippen molar-refractivity contribution < 1.29 is 19.0 Å². The van der Waals surface area contributed by atoms with E-state index in [0.717, 1.165) is 23.3 Å². The summed E-state index contributed by atoms with van der Waals surface area (Å²) in [5.41, 5.74) is 7.99. The number of benzene rings is 1. The molecule has 36 heavy (non-hydrogen) atoms. The number of ether oxygens (including phenoxy) is 3. The van der Waals surface area contributed by atoms with Gasteiger partial charge in [0.15, 0.2) is 5.65 Å². The topological polar surface area (TPSA) is 116 Å². The average Bonchev–Trinajstić information content (AvgIpc) is 2.88. The van der Waals surface area contributed by atoms with Crippen molar-refractivity contribution in [3.8, 4) is 17.0 Å². The van der Waals surface area contributed by atoms with E-state index in [4.69, 9.17) is 34.9 Å². The Morgan fingerprint density at radius 1 is 1.03 bits per heavy atom. The van der Waals surface area contributed by atoms with Gasteiger partial charge in [0.25, 0.3) is 5.91 Å². The highest BCUT2D eigenvalue weighted by molar-refractivity contribution is 5.97. The van der Waals surface area contributed by atoms with Crippen LogP contribution in [0.15, 0.2) is 30.3 Å². The summed E-state index contributed by atoms with van der Waals surface area (Å²) in [6.45, 7) is 10.6. The molecular weight excluding hydrogens is 460 g/mol. The highest BCUT2D eigenvalue weighted by Crippen LogP contribution is 2.32. The summed E-state index contributed by atoms with van der Waals surface area (Å²) in [6, 6.07) is 9.61. The van der Waals surface area contributed by atoms with Crippen molar-refractivity contribution in [2.75, 3.05) is 55.9 Å².